The molecular formula is C19H29N3O4. The van der Waals surface area contributed by atoms with Gasteiger partial charge in [-0.15, -0.1) is 0 Å². The quantitative estimate of drug-likeness (QED) is 0.836. The van der Waals surface area contributed by atoms with Crippen LogP contribution in [0.15, 0.2) is 18.2 Å². The van der Waals surface area contributed by atoms with Crippen LogP contribution >= 0.6 is 0 Å². The van der Waals surface area contributed by atoms with Crippen molar-refractivity contribution in [2.24, 2.45) is 5.73 Å². The number of amides is 1. The van der Waals surface area contributed by atoms with Gasteiger partial charge in [0, 0.05) is 51.5 Å². The van der Waals surface area contributed by atoms with Crippen molar-refractivity contribution in [1.29, 1.82) is 0 Å². The molecule has 26 heavy (non-hydrogen) atoms. The van der Waals surface area contributed by atoms with Crippen LogP contribution in [-0.2, 0) is 16.1 Å². The van der Waals surface area contributed by atoms with Crippen molar-refractivity contribution >= 4 is 5.91 Å². The van der Waals surface area contributed by atoms with Gasteiger partial charge in [0.2, 0.25) is 5.91 Å². The maximum Gasteiger partial charge on any atom is 0.242 e. The molecule has 0 bridgehead atoms. The maximum absolute atomic E-state index is 12.8. The van der Waals surface area contributed by atoms with E-state index in [-0.39, 0.29) is 5.91 Å². The number of carbonyl (C=O) groups excluding carboxylic acids is 1. The SMILES string of the molecule is COc1ccc(OC)c(CN2CCN(C(=O)C3(N)CCOCC3)CC2)c1. The van der Waals surface area contributed by atoms with Crippen LogP contribution in [0.4, 0.5) is 0 Å². The highest BCUT2D eigenvalue weighted by Crippen LogP contribution is 2.26. The Bertz CT molecular complexity index is 623. The molecular weight excluding hydrogens is 334 g/mol. The molecule has 7 nitrogen and oxygen atoms in total. The van der Waals surface area contributed by atoms with E-state index in [4.69, 9.17) is 19.9 Å². The van der Waals surface area contributed by atoms with Gasteiger partial charge in [-0.25, -0.2) is 0 Å². The first-order valence-corrected chi connectivity index (χ1v) is 9.15. The minimum absolute atomic E-state index is 0.0689. The Labute approximate surface area is 155 Å². The first-order valence-electron chi connectivity index (χ1n) is 9.15. The van der Waals surface area contributed by atoms with Crippen molar-refractivity contribution in [3.63, 3.8) is 0 Å². The van der Waals surface area contributed by atoms with Crippen LogP contribution < -0.4 is 15.2 Å². The van der Waals surface area contributed by atoms with Crippen molar-refractivity contribution in [3.8, 4) is 11.5 Å². The van der Waals surface area contributed by atoms with E-state index < -0.39 is 5.54 Å². The molecule has 2 N–H and O–H groups in total. The molecule has 1 aromatic rings. The fourth-order valence-electron chi connectivity index (χ4n) is 3.62. The van der Waals surface area contributed by atoms with Gasteiger partial charge < -0.3 is 24.8 Å². The highest BCUT2D eigenvalue weighted by Gasteiger charge is 2.39. The van der Waals surface area contributed by atoms with Gasteiger partial charge in [-0.3, -0.25) is 9.69 Å². The van der Waals surface area contributed by atoms with Gasteiger partial charge >= 0.3 is 0 Å². The number of nitrogens with zero attached hydrogens (tertiary/aromatic N) is 2. The van der Waals surface area contributed by atoms with E-state index >= 15 is 0 Å². The predicted octanol–water partition coefficient (Wildman–Crippen LogP) is 0.856. The van der Waals surface area contributed by atoms with E-state index in [0.717, 1.165) is 36.7 Å². The molecule has 7 heteroatoms. The second-order valence-electron chi connectivity index (χ2n) is 7.01. The van der Waals surface area contributed by atoms with Crippen LogP contribution in [0.25, 0.3) is 0 Å². The van der Waals surface area contributed by atoms with Gasteiger partial charge in [0.05, 0.1) is 19.8 Å². The van der Waals surface area contributed by atoms with Gasteiger partial charge in [0.1, 0.15) is 11.5 Å². The van der Waals surface area contributed by atoms with E-state index in [1.165, 1.54) is 0 Å². The Morgan fingerprint density at radius 2 is 1.85 bits per heavy atom. The van der Waals surface area contributed by atoms with Gasteiger partial charge in [-0.05, 0) is 31.0 Å². The fourth-order valence-corrected chi connectivity index (χ4v) is 3.62. The molecule has 2 saturated heterocycles. The summed E-state index contributed by atoms with van der Waals surface area (Å²) in [6.45, 7) is 4.94. The van der Waals surface area contributed by atoms with Crippen molar-refractivity contribution < 1.29 is 19.0 Å². The summed E-state index contributed by atoms with van der Waals surface area (Å²) in [5.41, 5.74) is 6.68. The highest BCUT2D eigenvalue weighted by molar-refractivity contribution is 5.86. The van der Waals surface area contributed by atoms with Crippen LogP contribution in [0.2, 0.25) is 0 Å². The smallest absolute Gasteiger partial charge is 0.242 e. The summed E-state index contributed by atoms with van der Waals surface area (Å²) in [5, 5.41) is 0. The Morgan fingerprint density at radius 1 is 1.15 bits per heavy atom. The lowest BCUT2D eigenvalue weighted by atomic mass is 9.89. The molecule has 0 unspecified atom stereocenters. The predicted molar refractivity (Wildman–Crippen MR) is 98.4 cm³/mol. The molecule has 0 radical (unpaired) electrons. The van der Waals surface area contributed by atoms with Crippen LogP contribution in [-0.4, -0.2) is 74.9 Å². The number of methoxy groups -OCH3 is 2. The fraction of sp³-hybridized carbons (Fsp3) is 0.632. The second-order valence-corrected chi connectivity index (χ2v) is 7.01. The number of piperazine rings is 1. The lowest BCUT2D eigenvalue weighted by Crippen LogP contribution is -2.61. The molecule has 0 atom stereocenters. The Kier molecular flexibility index (Phi) is 6.01. The molecule has 2 aliphatic heterocycles. The molecule has 1 amide bonds. The molecule has 2 fully saturated rings. The van der Waals surface area contributed by atoms with E-state index in [9.17, 15) is 4.79 Å². The zero-order valence-electron chi connectivity index (χ0n) is 15.7. The van der Waals surface area contributed by atoms with Crippen LogP contribution in [0.1, 0.15) is 18.4 Å². The minimum atomic E-state index is -0.754. The molecule has 2 heterocycles. The van der Waals surface area contributed by atoms with Gasteiger partial charge in [-0.1, -0.05) is 0 Å². The van der Waals surface area contributed by atoms with Crippen molar-refractivity contribution in [2.45, 2.75) is 24.9 Å². The van der Waals surface area contributed by atoms with E-state index in [0.29, 0.717) is 39.1 Å². The maximum atomic E-state index is 12.8. The largest absolute Gasteiger partial charge is 0.497 e. The highest BCUT2D eigenvalue weighted by atomic mass is 16.5. The summed E-state index contributed by atoms with van der Waals surface area (Å²) in [4.78, 5) is 17.0. The number of carbonyl (C=O) groups is 1. The van der Waals surface area contributed by atoms with Crippen LogP contribution in [0, 0.1) is 0 Å². The zero-order chi connectivity index (χ0) is 18.6. The molecule has 144 valence electrons. The number of hydrogen-bond donors (Lipinski definition) is 1. The standard InChI is InChI=1S/C19H29N3O4/c1-24-16-3-4-17(25-2)15(13-16)14-21-7-9-22(10-8-21)18(23)19(20)5-11-26-12-6-19/h3-4,13H,5-12,14,20H2,1-2H3. The third-order valence-corrected chi connectivity index (χ3v) is 5.35. The minimum Gasteiger partial charge on any atom is -0.497 e. The lowest BCUT2D eigenvalue weighted by molar-refractivity contribution is -0.142. The normalized spacial score (nSPS) is 20.7. The van der Waals surface area contributed by atoms with Crippen molar-refractivity contribution in [2.75, 3.05) is 53.6 Å². The molecule has 0 spiro atoms. The zero-order valence-corrected chi connectivity index (χ0v) is 15.7. The molecule has 1 aromatic carbocycles. The van der Waals surface area contributed by atoms with E-state index in [1.54, 1.807) is 14.2 Å². The lowest BCUT2D eigenvalue weighted by Gasteiger charge is -2.41. The topological polar surface area (TPSA) is 77.3 Å². The van der Waals surface area contributed by atoms with Crippen molar-refractivity contribution in [1.82, 2.24) is 9.80 Å². The third kappa shape index (κ3) is 4.11. The number of nitrogens with two attached hydrogens (primary N) is 1. The van der Waals surface area contributed by atoms with Gasteiger partial charge in [0.15, 0.2) is 0 Å². The average Bonchev–Trinajstić information content (AvgIpc) is 2.68. The Morgan fingerprint density at radius 3 is 2.46 bits per heavy atom. The van der Waals surface area contributed by atoms with E-state index in [2.05, 4.69) is 4.90 Å². The summed E-state index contributed by atoms with van der Waals surface area (Å²) in [7, 11) is 3.34. The van der Waals surface area contributed by atoms with Gasteiger partial charge in [-0.2, -0.15) is 0 Å². The summed E-state index contributed by atoms with van der Waals surface area (Å²) in [6, 6.07) is 5.83. The Hall–Kier alpha value is -1.83. The van der Waals surface area contributed by atoms with Crippen LogP contribution in [0.5, 0.6) is 11.5 Å². The summed E-state index contributed by atoms with van der Waals surface area (Å²) >= 11 is 0. The number of rotatable bonds is 5. The average molecular weight is 363 g/mol. The summed E-state index contributed by atoms with van der Waals surface area (Å²) in [5.74, 6) is 1.74. The van der Waals surface area contributed by atoms with Gasteiger partial charge in [0.25, 0.3) is 0 Å². The number of hydrogen-bond acceptors (Lipinski definition) is 6. The summed E-state index contributed by atoms with van der Waals surface area (Å²) in [6.07, 6.45) is 1.21. The Balaban J connectivity index is 1.58. The summed E-state index contributed by atoms with van der Waals surface area (Å²) < 4.78 is 16.1. The monoisotopic (exact) mass is 363 g/mol. The number of benzene rings is 1. The molecule has 2 aliphatic rings. The third-order valence-electron chi connectivity index (χ3n) is 5.35. The van der Waals surface area contributed by atoms with Crippen LogP contribution in [0.3, 0.4) is 0 Å². The molecule has 0 saturated carbocycles. The van der Waals surface area contributed by atoms with E-state index in [1.807, 2.05) is 23.1 Å². The van der Waals surface area contributed by atoms with Crippen molar-refractivity contribution in [3.05, 3.63) is 23.8 Å². The first-order chi connectivity index (χ1) is 12.6. The molecule has 0 aliphatic carbocycles. The second kappa shape index (κ2) is 8.24. The number of ether oxygens (including phenoxy) is 3. The molecule has 0 aromatic heterocycles. The first kappa shape index (κ1) is 18.9. The molecule has 3 rings (SSSR count).